The molecule has 6 amide bonds. The summed E-state index contributed by atoms with van der Waals surface area (Å²) >= 11 is 2.79. The molecular formula is C53H60N10O9S3. The van der Waals surface area contributed by atoms with Crippen LogP contribution in [0.3, 0.4) is 0 Å². The Bertz CT molecular complexity index is 3190. The highest BCUT2D eigenvalue weighted by atomic mass is 32.2. The Morgan fingerprint density at radius 2 is 1.51 bits per heavy atom. The van der Waals surface area contributed by atoms with Crippen molar-refractivity contribution >= 4 is 73.3 Å². The number of rotatable bonds is 19. The Hall–Kier alpha value is -7.11. The van der Waals surface area contributed by atoms with Crippen LogP contribution in [0.25, 0.3) is 32.8 Å². The summed E-state index contributed by atoms with van der Waals surface area (Å²) in [6, 6.07) is 22.9. The van der Waals surface area contributed by atoms with Crippen LogP contribution in [0.4, 0.5) is 5.13 Å². The van der Waals surface area contributed by atoms with Gasteiger partial charge in [0.25, 0.3) is 5.91 Å². The lowest BCUT2D eigenvalue weighted by molar-refractivity contribution is -0.144. The number of hydrogen-bond donors (Lipinski definition) is 6. The first-order chi connectivity index (χ1) is 35.7. The van der Waals surface area contributed by atoms with Crippen LogP contribution in [-0.4, -0.2) is 130 Å². The summed E-state index contributed by atoms with van der Waals surface area (Å²) in [6.07, 6.45) is 2.74. The fraction of sp³-hybridized carbons (Fsp3) is 0.358. The molecule has 2 fully saturated rings. The van der Waals surface area contributed by atoms with Gasteiger partial charge in [-0.3, -0.25) is 32.7 Å². The number of likely N-dealkylation sites (tertiary alicyclic amines) is 2. The van der Waals surface area contributed by atoms with Crippen LogP contribution in [0, 0.1) is 18.3 Å². The maximum absolute atomic E-state index is 14.1. The van der Waals surface area contributed by atoms with Gasteiger partial charge in [0, 0.05) is 75.4 Å². The van der Waals surface area contributed by atoms with Crippen LogP contribution in [0.2, 0.25) is 0 Å². The van der Waals surface area contributed by atoms with E-state index >= 15 is 0 Å². The second-order valence-corrected chi connectivity index (χ2v) is 23.5. The number of aryl methyl sites for hydroxylation is 1. The Morgan fingerprint density at radius 3 is 2.20 bits per heavy atom. The molecule has 0 bridgehead atoms. The Morgan fingerprint density at radius 1 is 0.813 bits per heavy atom. The number of aromatic nitrogens is 3. The molecule has 8 rings (SSSR count). The highest BCUT2D eigenvalue weighted by Gasteiger charge is 2.44. The van der Waals surface area contributed by atoms with Crippen molar-refractivity contribution in [3.63, 3.8) is 0 Å². The van der Waals surface area contributed by atoms with Crippen molar-refractivity contribution in [3.05, 3.63) is 125 Å². The second-order valence-electron chi connectivity index (χ2n) is 19.9. The summed E-state index contributed by atoms with van der Waals surface area (Å²) < 4.78 is 24.3. The summed E-state index contributed by atoms with van der Waals surface area (Å²) in [7, 11) is -3.55. The van der Waals surface area contributed by atoms with Crippen molar-refractivity contribution in [2.24, 2.45) is 11.3 Å². The highest BCUT2D eigenvalue weighted by Crippen LogP contribution is 2.31. The molecule has 0 radical (unpaired) electrons. The minimum absolute atomic E-state index is 0.0234. The zero-order valence-electron chi connectivity index (χ0n) is 42.2. The lowest BCUT2D eigenvalue weighted by Crippen LogP contribution is -2.58. The highest BCUT2D eigenvalue weighted by molar-refractivity contribution is 7.89. The van der Waals surface area contributed by atoms with Gasteiger partial charge in [0.05, 0.1) is 52.2 Å². The zero-order valence-corrected chi connectivity index (χ0v) is 44.6. The molecule has 19 nitrogen and oxygen atoms in total. The van der Waals surface area contributed by atoms with E-state index in [4.69, 9.17) is 0 Å². The van der Waals surface area contributed by atoms with Crippen LogP contribution >= 0.6 is 22.7 Å². The minimum Gasteiger partial charge on any atom is -0.391 e. The van der Waals surface area contributed by atoms with E-state index in [-0.39, 0.29) is 61.7 Å². The van der Waals surface area contributed by atoms with Crippen LogP contribution in [0.1, 0.15) is 60.8 Å². The first-order valence-corrected chi connectivity index (χ1v) is 28.0. The average Bonchev–Trinajstić information content (AvgIpc) is 4.21. The van der Waals surface area contributed by atoms with Gasteiger partial charge in [-0.2, -0.15) is 0 Å². The van der Waals surface area contributed by atoms with Crippen molar-refractivity contribution in [3.8, 4) is 32.8 Å². The van der Waals surface area contributed by atoms with Crippen molar-refractivity contribution in [1.29, 1.82) is 0 Å². The summed E-state index contributed by atoms with van der Waals surface area (Å²) in [5, 5.41) is 26.8. The second kappa shape index (κ2) is 23.2. The number of amides is 6. The van der Waals surface area contributed by atoms with Gasteiger partial charge in [0.1, 0.15) is 12.1 Å². The van der Waals surface area contributed by atoms with E-state index in [9.17, 15) is 42.3 Å². The average molecular weight is 1080 g/mol. The Kier molecular flexibility index (Phi) is 16.8. The lowest BCUT2D eigenvalue weighted by atomic mass is 9.85. The number of benzene rings is 3. The van der Waals surface area contributed by atoms with Gasteiger partial charge < -0.3 is 41.5 Å². The van der Waals surface area contributed by atoms with Crippen molar-refractivity contribution < 1.29 is 42.3 Å². The third kappa shape index (κ3) is 13.8. The first kappa shape index (κ1) is 54.2. The summed E-state index contributed by atoms with van der Waals surface area (Å²) in [4.78, 5) is 92.7. The molecule has 2 saturated heterocycles. The zero-order chi connectivity index (χ0) is 53.6. The quantitative estimate of drug-likeness (QED) is 0.0650. The minimum atomic E-state index is -3.55. The van der Waals surface area contributed by atoms with Gasteiger partial charge in [-0.25, -0.2) is 18.4 Å². The third-order valence-electron chi connectivity index (χ3n) is 13.1. The van der Waals surface area contributed by atoms with Crippen LogP contribution in [0.5, 0.6) is 0 Å². The van der Waals surface area contributed by atoms with Gasteiger partial charge in [-0.05, 0) is 58.4 Å². The molecule has 0 unspecified atom stereocenters. The number of hydrogen-bond acceptors (Lipinski definition) is 14. The van der Waals surface area contributed by atoms with E-state index in [1.165, 1.54) is 34.7 Å². The number of aliphatic hydroxyl groups excluding tert-OH is 1. The van der Waals surface area contributed by atoms with Crippen molar-refractivity contribution in [2.75, 3.05) is 44.3 Å². The van der Waals surface area contributed by atoms with E-state index in [1.54, 1.807) is 16.8 Å². The Labute approximate surface area is 443 Å². The molecular weight excluding hydrogens is 1020 g/mol. The van der Waals surface area contributed by atoms with Gasteiger partial charge >= 0.3 is 0 Å². The predicted octanol–water partition coefficient (Wildman–Crippen LogP) is 4.63. The fourth-order valence-electron chi connectivity index (χ4n) is 8.85. The number of β-amino-alcohol motifs (C(OH)–C–C–N with tert-alkyl or cyclic N) is 1. The third-order valence-corrected chi connectivity index (χ3v) is 15.8. The molecule has 75 heavy (non-hydrogen) atoms. The number of thiazole rings is 2. The molecule has 0 spiro atoms. The van der Waals surface area contributed by atoms with Crippen molar-refractivity contribution in [2.45, 2.75) is 71.8 Å². The molecule has 0 aliphatic carbocycles. The largest absolute Gasteiger partial charge is 0.391 e. The number of carbonyl (C=O) groups is 6. The molecule has 0 saturated carbocycles. The topological polar surface area (TPSA) is 254 Å². The van der Waals surface area contributed by atoms with E-state index in [2.05, 4.69) is 36.6 Å². The summed E-state index contributed by atoms with van der Waals surface area (Å²) in [6.45, 7) is 9.04. The van der Waals surface area contributed by atoms with E-state index in [1.807, 2.05) is 111 Å². The SMILES string of the molecule is Cc1ncsc1-c1ccc(CNC(=O)[C@@H]2C[C@@H](O)CN2C(=O)[C@@H](NC(=O)CCN2CC(C(=O)NCc3cccc(-c4cccc(-c5csc(NC(=O)CNC(=O)c6ccn(S(C)(=O)=O)c6)n5)c4)c3)C2)C(C)(C)C)cc1. The van der Waals surface area contributed by atoms with Gasteiger partial charge in [-0.1, -0.05) is 81.4 Å². The van der Waals surface area contributed by atoms with Crippen LogP contribution in [-0.2, 0) is 47.1 Å². The Balaban J connectivity index is 0.762. The molecule has 3 aromatic carbocycles. The molecule has 6 N–H and O–H groups in total. The number of carbonyl (C=O) groups excluding carboxylic acids is 6. The standard InChI is InChI=1S/C53H60N10O9S3/c1-32-46(74-31-57-32)35-14-12-33(13-15-35)23-55-50(69)43-22-41(64)29-63(43)51(70)47(53(2,3)4)59-44(65)17-18-61-26-40(27-61)49(68)54-24-34-8-6-9-36(20-34)37-10-7-11-38(21-37)42-30-73-52(58-42)60-45(66)25-56-48(67)39-16-19-62(28-39)75(5,71)72/h6-16,19-21,28,30-31,40-41,43,47,64H,17-18,22-27,29H2,1-5H3,(H,54,68)(H,55,69)(H,56,67)(H,59,65)(H,58,60,66)/t41-,43+,47-/m1/s1. The predicted molar refractivity (Wildman–Crippen MR) is 287 cm³/mol. The molecule has 2 aliphatic heterocycles. The number of aliphatic hydroxyl groups is 1. The molecule has 22 heteroatoms. The lowest BCUT2D eigenvalue weighted by Gasteiger charge is -2.38. The summed E-state index contributed by atoms with van der Waals surface area (Å²) in [5.74, 6) is -2.58. The van der Waals surface area contributed by atoms with E-state index in [0.717, 1.165) is 54.2 Å². The number of nitrogens with one attached hydrogen (secondary N) is 5. The van der Waals surface area contributed by atoms with Gasteiger partial charge in [0.15, 0.2) is 5.13 Å². The van der Waals surface area contributed by atoms with E-state index in [0.29, 0.717) is 37.0 Å². The maximum atomic E-state index is 14.1. The van der Waals surface area contributed by atoms with Gasteiger partial charge in [0.2, 0.25) is 39.6 Å². The van der Waals surface area contributed by atoms with Crippen LogP contribution in [0.15, 0.2) is 102 Å². The summed E-state index contributed by atoms with van der Waals surface area (Å²) in [5.41, 5.74) is 8.28. The number of anilines is 1. The maximum Gasteiger partial charge on any atom is 0.253 e. The monoisotopic (exact) mass is 1080 g/mol. The molecule has 3 atom stereocenters. The van der Waals surface area contributed by atoms with Crippen molar-refractivity contribution in [1.82, 2.24) is 45.0 Å². The molecule has 3 aromatic heterocycles. The molecule has 5 heterocycles. The normalized spacial score (nSPS) is 16.4. The van der Waals surface area contributed by atoms with E-state index < -0.39 is 51.3 Å². The molecule has 394 valence electrons. The smallest absolute Gasteiger partial charge is 0.253 e. The molecule has 6 aromatic rings. The fourth-order valence-corrected chi connectivity index (χ4v) is 11.0. The molecule has 2 aliphatic rings. The van der Waals surface area contributed by atoms with Gasteiger partial charge in [-0.15, -0.1) is 22.7 Å². The number of nitrogens with zero attached hydrogens (tertiary/aromatic N) is 5. The first-order valence-electron chi connectivity index (χ1n) is 24.4. The van der Waals surface area contributed by atoms with Crippen LogP contribution < -0.4 is 26.6 Å².